The van der Waals surface area contributed by atoms with Crippen molar-refractivity contribution >= 4 is 17.9 Å². The van der Waals surface area contributed by atoms with Gasteiger partial charge in [0.15, 0.2) is 0 Å². The van der Waals surface area contributed by atoms with Crippen molar-refractivity contribution in [2.24, 2.45) is 0 Å². The van der Waals surface area contributed by atoms with E-state index in [-0.39, 0.29) is 18.0 Å². The third-order valence-corrected chi connectivity index (χ3v) is 6.77. The Balaban J connectivity index is 1.92. The molecule has 0 aliphatic heterocycles. The Bertz CT molecular complexity index is 953. The molecule has 2 fully saturated rings. The minimum Gasteiger partial charge on any atom is -0.444 e. The van der Waals surface area contributed by atoms with Crippen LogP contribution in [-0.2, 0) is 14.3 Å². The van der Waals surface area contributed by atoms with Gasteiger partial charge < -0.3 is 25.4 Å². The van der Waals surface area contributed by atoms with Gasteiger partial charge in [-0.3, -0.25) is 9.59 Å². The van der Waals surface area contributed by atoms with E-state index in [1.54, 1.807) is 49.9 Å². The fourth-order valence-corrected chi connectivity index (χ4v) is 4.73. The van der Waals surface area contributed by atoms with E-state index >= 15 is 0 Å². The number of ether oxygens (including phenoxy) is 1. The van der Waals surface area contributed by atoms with Crippen molar-refractivity contribution in [1.82, 2.24) is 15.5 Å². The van der Waals surface area contributed by atoms with Gasteiger partial charge in [-0.15, -0.1) is 6.42 Å². The number of aliphatic hydroxyl groups excluding tert-OH is 1. The summed E-state index contributed by atoms with van der Waals surface area (Å²) in [7, 11) is 0. The summed E-state index contributed by atoms with van der Waals surface area (Å²) >= 11 is 0. The molecule has 8 nitrogen and oxygen atoms in total. The Morgan fingerprint density at radius 3 is 2.22 bits per heavy atom. The minimum atomic E-state index is -1.24. The normalized spacial score (nSPS) is 18.2. The van der Waals surface area contributed by atoms with Crippen molar-refractivity contribution in [3.63, 3.8) is 0 Å². The molecule has 0 spiro atoms. The summed E-state index contributed by atoms with van der Waals surface area (Å²) in [5, 5.41) is 15.7. The number of hydrogen-bond acceptors (Lipinski definition) is 5. The van der Waals surface area contributed by atoms with Crippen LogP contribution in [0.25, 0.3) is 0 Å². The van der Waals surface area contributed by atoms with Gasteiger partial charge in [0.25, 0.3) is 0 Å². The lowest BCUT2D eigenvalue weighted by atomic mass is 9.87. The lowest BCUT2D eigenvalue weighted by molar-refractivity contribution is -0.148. The van der Waals surface area contributed by atoms with Crippen LogP contribution in [-0.4, -0.2) is 58.2 Å². The molecule has 3 N–H and O–H groups in total. The van der Waals surface area contributed by atoms with Crippen molar-refractivity contribution in [3.8, 4) is 12.3 Å². The van der Waals surface area contributed by atoms with Gasteiger partial charge in [0.1, 0.15) is 17.7 Å². The molecule has 1 aromatic carbocycles. The van der Waals surface area contributed by atoms with Gasteiger partial charge in [-0.05, 0) is 70.6 Å². The van der Waals surface area contributed by atoms with Gasteiger partial charge in [-0.2, -0.15) is 0 Å². The first-order valence-corrected chi connectivity index (χ1v) is 12.9. The van der Waals surface area contributed by atoms with Crippen molar-refractivity contribution in [3.05, 3.63) is 35.4 Å². The van der Waals surface area contributed by atoms with Gasteiger partial charge >= 0.3 is 6.09 Å². The molecule has 3 rings (SSSR count). The van der Waals surface area contributed by atoms with Crippen LogP contribution in [0.15, 0.2) is 24.3 Å². The second kappa shape index (κ2) is 12.3. The number of carbonyl (C=O) groups excluding carboxylic acids is 3. The summed E-state index contributed by atoms with van der Waals surface area (Å²) in [4.78, 5) is 41.5. The molecule has 0 bridgehead atoms. The first kappa shape index (κ1) is 27.5. The van der Waals surface area contributed by atoms with Gasteiger partial charge in [-0.1, -0.05) is 37.3 Å². The molecular formula is C28H39N3O5. The highest BCUT2D eigenvalue weighted by Crippen LogP contribution is 2.34. The van der Waals surface area contributed by atoms with Crippen LogP contribution in [0.4, 0.5) is 4.79 Å². The first-order valence-electron chi connectivity index (χ1n) is 12.9. The molecular weight excluding hydrogens is 458 g/mol. The van der Waals surface area contributed by atoms with Crippen LogP contribution in [0.2, 0.25) is 0 Å². The first-order chi connectivity index (χ1) is 17.1. The maximum Gasteiger partial charge on any atom is 0.408 e. The molecule has 0 aromatic heterocycles. The van der Waals surface area contributed by atoms with Crippen LogP contribution in [0.1, 0.15) is 89.3 Å². The number of aliphatic hydroxyl groups is 1. The van der Waals surface area contributed by atoms with Crippen LogP contribution in [0.3, 0.4) is 0 Å². The van der Waals surface area contributed by atoms with E-state index in [1.165, 1.54) is 0 Å². The van der Waals surface area contributed by atoms with Crippen molar-refractivity contribution < 1.29 is 24.2 Å². The highest BCUT2D eigenvalue weighted by Gasteiger charge is 2.42. The Hall–Kier alpha value is -3.05. The maximum atomic E-state index is 13.8. The van der Waals surface area contributed by atoms with Gasteiger partial charge in [-0.25, -0.2) is 4.79 Å². The van der Waals surface area contributed by atoms with E-state index in [0.29, 0.717) is 11.1 Å². The second-order valence-corrected chi connectivity index (χ2v) is 10.7. The molecule has 0 saturated heterocycles. The topological polar surface area (TPSA) is 108 Å². The second-order valence-electron chi connectivity index (χ2n) is 10.7. The van der Waals surface area contributed by atoms with E-state index in [1.807, 2.05) is 0 Å². The Labute approximate surface area is 214 Å². The molecule has 2 aliphatic carbocycles. The Kier molecular flexibility index (Phi) is 9.38. The molecule has 3 amide bonds. The summed E-state index contributed by atoms with van der Waals surface area (Å²) in [6.45, 7) is 4.53. The van der Waals surface area contributed by atoms with Crippen LogP contribution in [0, 0.1) is 12.3 Å². The molecule has 1 aromatic rings. The monoisotopic (exact) mass is 497 g/mol. The number of hydrogen-bond donors (Lipinski definition) is 3. The molecule has 2 aliphatic rings. The summed E-state index contributed by atoms with van der Waals surface area (Å²) in [6, 6.07) is 4.78. The van der Waals surface area contributed by atoms with E-state index < -0.39 is 36.3 Å². The highest BCUT2D eigenvalue weighted by atomic mass is 16.6. The van der Waals surface area contributed by atoms with Crippen molar-refractivity contribution in [2.75, 3.05) is 6.61 Å². The zero-order chi connectivity index (χ0) is 26.3. The molecule has 36 heavy (non-hydrogen) atoms. The molecule has 0 radical (unpaired) electrons. The van der Waals surface area contributed by atoms with Gasteiger partial charge in [0, 0.05) is 17.6 Å². The average molecular weight is 498 g/mol. The Morgan fingerprint density at radius 2 is 1.72 bits per heavy atom. The molecule has 2 unspecified atom stereocenters. The standard InChI is InChI=1S/C28H39N3O5/c1-5-19-14-16-20(17-15-19)24(25(33)29-21-10-7-6-8-11-21)31(22-12-9-13-22)26(34)23(18-32)30-27(35)36-28(2,3)4/h1,14-17,21-24,32H,6-13,18H2,2-4H3,(H,29,33)(H,30,35). The number of alkyl carbamates (subject to hydrolysis) is 1. The average Bonchev–Trinajstić information content (AvgIpc) is 2.80. The largest absolute Gasteiger partial charge is 0.444 e. The maximum absolute atomic E-state index is 13.8. The zero-order valence-corrected chi connectivity index (χ0v) is 21.6. The molecule has 0 heterocycles. The summed E-state index contributed by atoms with van der Waals surface area (Å²) in [6.07, 6.45) is 12.2. The number of terminal acetylenes is 1. The molecule has 2 saturated carbocycles. The Morgan fingerprint density at radius 1 is 1.08 bits per heavy atom. The summed E-state index contributed by atoms with van der Waals surface area (Å²) in [5.74, 6) is 1.80. The van der Waals surface area contributed by atoms with Crippen LogP contribution >= 0.6 is 0 Å². The summed E-state index contributed by atoms with van der Waals surface area (Å²) < 4.78 is 5.29. The molecule has 196 valence electrons. The van der Waals surface area contributed by atoms with Gasteiger partial charge in [0.05, 0.1) is 6.61 Å². The van der Waals surface area contributed by atoms with Crippen LogP contribution in [0.5, 0.6) is 0 Å². The molecule has 2 atom stereocenters. The fraction of sp³-hybridized carbons (Fsp3) is 0.607. The van der Waals surface area contributed by atoms with E-state index in [4.69, 9.17) is 11.2 Å². The third kappa shape index (κ3) is 7.23. The molecule has 8 heteroatoms. The third-order valence-electron chi connectivity index (χ3n) is 6.77. The number of rotatable bonds is 8. The number of amides is 3. The lowest BCUT2D eigenvalue weighted by Gasteiger charge is -2.43. The zero-order valence-electron chi connectivity index (χ0n) is 21.6. The highest BCUT2D eigenvalue weighted by molar-refractivity contribution is 5.92. The van der Waals surface area contributed by atoms with E-state index in [9.17, 15) is 19.5 Å². The van der Waals surface area contributed by atoms with Crippen molar-refractivity contribution in [1.29, 1.82) is 0 Å². The predicted octanol–water partition coefficient (Wildman–Crippen LogP) is 3.42. The van der Waals surface area contributed by atoms with Gasteiger partial charge in [0.2, 0.25) is 11.8 Å². The summed E-state index contributed by atoms with van der Waals surface area (Å²) in [5.41, 5.74) is 0.546. The minimum absolute atomic E-state index is 0.0607. The lowest BCUT2D eigenvalue weighted by Crippen LogP contribution is -2.59. The SMILES string of the molecule is C#Cc1ccc(C(C(=O)NC2CCCCC2)N(C(=O)C(CO)NC(=O)OC(C)(C)C)C2CCC2)cc1. The quantitative estimate of drug-likeness (QED) is 0.477. The predicted molar refractivity (Wildman–Crippen MR) is 137 cm³/mol. The number of benzene rings is 1. The number of nitrogens with zero attached hydrogens (tertiary/aromatic N) is 1. The van der Waals surface area contributed by atoms with E-state index in [0.717, 1.165) is 51.4 Å². The number of carbonyl (C=O) groups is 3. The smallest absolute Gasteiger partial charge is 0.408 e. The van der Waals surface area contributed by atoms with E-state index in [2.05, 4.69) is 16.6 Å². The number of nitrogens with one attached hydrogen (secondary N) is 2. The fourth-order valence-electron chi connectivity index (χ4n) is 4.73. The van der Waals surface area contributed by atoms with Crippen LogP contribution < -0.4 is 10.6 Å². The van der Waals surface area contributed by atoms with Crippen molar-refractivity contribution in [2.45, 2.75) is 102 Å².